The SMILES string of the molecule is CCNC(=O)N(Cc1ccccc1OC)c1ccc(CC(=O)N2CCC(C(=O)OCC)CC2)cc1. The van der Waals surface area contributed by atoms with Gasteiger partial charge in [0.15, 0.2) is 0 Å². The van der Waals surface area contributed by atoms with Gasteiger partial charge in [0.25, 0.3) is 0 Å². The number of nitrogens with zero attached hydrogens (tertiary/aromatic N) is 2. The molecule has 3 rings (SSSR count). The Balaban J connectivity index is 1.65. The second-order valence-electron chi connectivity index (χ2n) is 8.48. The molecule has 8 nitrogen and oxygen atoms in total. The van der Waals surface area contributed by atoms with Crippen molar-refractivity contribution >= 4 is 23.6 Å². The van der Waals surface area contributed by atoms with E-state index in [1.54, 1.807) is 18.9 Å². The molecule has 1 fully saturated rings. The Hall–Kier alpha value is -3.55. The number of benzene rings is 2. The van der Waals surface area contributed by atoms with Crippen molar-refractivity contribution in [3.8, 4) is 5.75 Å². The lowest BCUT2D eigenvalue weighted by Crippen LogP contribution is -2.41. The van der Waals surface area contributed by atoms with Crippen LogP contribution in [0.15, 0.2) is 48.5 Å². The van der Waals surface area contributed by atoms with Crippen molar-refractivity contribution in [1.82, 2.24) is 10.2 Å². The van der Waals surface area contributed by atoms with Crippen molar-refractivity contribution in [2.24, 2.45) is 5.92 Å². The maximum atomic E-state index is 12.8. The van der Waals surface area contributed by atoms with Crippen LogP contribution in [0.4, 0.5) is 10.5 Å². The topological polar surface area (TPSA) is 88.2 Å². The number of methoxy groups -OCH3 is 1. The van der Waals surface area contributed by atoms with Crippen LogP contribution in [0.2, 0.25) is 0 Å². The van der Waals surface area contributed by atoms with Crippen LogP contribution in [0.25, 0.3) is 0 Å². The van der Waals surface area contributed by atoms with Gasteiger partial charge in [-0.1, -0.05) is 30.3 Å². The van der Waals surface area contributed by atoms with E-state index in [0.29, 0.717) is 45.6 Å². The minimum absolute atomic E-state index is 0.0367. The molecule has 0 bridgehead atoms. The quantitative estimate of drug-likeness (QED) is 0.551. The lowest BCUT2D eigenvalue weighted by Gasteiger charge is -2.31. The van der Waals surface area contributed by atoms with Crippen molar-refractivity contribution in [2.75, 3.05) is 38.3 Å². The highest BCUT2D eigenvalue weighted by Crippen LogP contribution is 2.25. The molecule has 0 unspecified atom stereocenters. The molecule has 0 spiro atoms. The number of piperidine rings is 1. The fourth-order valence-electron chi connectivity index (χ4n) is 4.24. The number of hydrogen-bond acceptors (Lipinski definition) is 5. The first-order valence-corrected chi connectivity index (χ1v) is 12.2. The molecular weight excluding hydrogens is 446 g/mol. The van der Waals surface area contributed by atoms with Crippen LogP contribution >= 0.6 is 0 Å². The fourth-order valence-corrected chi connectivity index (χ4v) is 4.24. The molecule has 1 saturated heterocycles. The number of ether oxygens (including phenoxy) is 2. The van der Waals surface area contributed by atoms with Crippen LogP contribution in [-0.2, 0) is 27.3 Å². The van der Waals surface area contributed by atoms with Gasteiger partial charge in [0.05, 0.1) is 32.6 Å². The van der Waals surface area contributed by atoms with Crippen LogP contribution in [0.3, 0.4) is 0 Å². The summed E-state index contributed by atoms with van der Waals surface area (Å²) in [5.74, 6) is 0.465. The highest BCUT2D eigenvalue weighted by atomic mass is 16.5. The molecule has 1 N–H and O–H groups in total. The van der Waals surface area contributed by atoms with E-state index in [1.165, 1.54) is 0 Å². The minimum Gasteiger partial charge on any atom is -0.496 e. The van der Waals surface area contributed by atoms with Crippen LogP contribution in [0.1, 0.15) is 37.8 Å². The predicted octanol–water partition coefficient (Wildman–Crippen LogP) is 3.78. The third kappa shape index (κ3) is 6.97. The van der Waals surface area contributed by atoms with Gasteiger partial charge in [0.1, 0.15) is 5.75 Å². The van der Waals surface area contributed by atoms with Crippen LogP contribution in [0, 0.1) is 5.92 Å². The molecule has 35 heavy (non-hydrogen) atoms. The van der Waals surface area contributed by atoms with E-state index in [9.17, 15) is 14.4 Å². The average molecular weight is 482 g/mol. The van der Waals surface area contributed by atoms with Gasteiger partial charge in [-0.15, -0.1) is 0 Å². The van der Waals surface area contributed by atoms with E-state index in [-0.39, 0.29) is 30.2 Å². The van der Waals surface area contributed by atoms with Gasteiger partial charge >= 0.3 is 12.0 Å². The number of urea groups is 1. The van der Waals surface area contributed by atoms with Gasteiger partial charge in [0.2, 0.25) is 5.91 Å². The third-order valence-corrected chi connectivity index (χ3v) is 6.17. The Morgan fingerprint density at radius 3 is 2.34 bits per heavy atom. The molecule has 3 amide bonds. The first-order valence-electron chi connectivity index (χ1n) is 12.2. The Labute approximate surface area is 207 Å². The molecule has 0 radical (unpaired) electrons. The molecule has 0 saturated carbocycles. The third-order valence-electron chi connectivity index (χ3n) is 6.17. The van der Waals surface area contributed by atoms with Gasteiger partial charge in [-0.3, -0.25) is 14.5 Å². The molecule has 1 aliphatic heterocycles. The van der Waals surface area contributed by atoms with Crippen molar-refractivity contribution in [2.45, 2.75) is 39.7 Å². The molecule has 2 aromatic rings. The smallest absolute Gasteiger partial charge is 0.322 e. The summed E-state index contributed by atoms with van der Waals surface area (Å²) in [4.78, 5) is 41.0. The van der Waals surface area contributed by atoms with Crippen LogP contribution in [0.5, 0.6) is 5.75 Å². The van der Waals surface area contributed by atoms with E-state index in [4.69, 9.17) is 9.47 Å². The lowest BCUT2D eigenvalue weighted by molar-refractivity contribution is -0.151. The van der Waals surface area contributed by atoms with Crippen molar-refractivity contribution in [3.05, 3.63) is 59.7 Å². The van der Waals surface area contributed by atoms with E-state index in [0.717, 1.165) is 22.6 Å². The van der Waals surface area contributed by atoms with E-state index >= 15 is 0 Å². The Morgan fingerprint density at radius 1 is 1.03 bits per heavy atom. The van der Waals surface area contributed by atoms with Crippen LogP contribution < -0.4 is 15.0 Å². The molecular formula is C27H35N3O5. The Kier molecular flexibility index (Phi) is 9.52. The number of amides is 3. The van der Waals surface area contributed by atoms with Gasteiger partial charge in [-0.05, 0) is 50.5 Å². The summed E-state index contributed by atoms with van der Waals surface area (Å²) in [6.07, 6.45) is 1.54. The Morgan fingerprint density at radius 2 is 1.71 bits per heavy atom. The molecule has 188 valence electrons. The van der Waals surface area contributed by atoms with E-state index in [1.807, 2.05) is 60.4 Å². The highest BCUT2D eigenvalue weighted by molar-refractivity contribution is 5.92. The summed E-state index contributed by atoms with van der Waals surface area (Å²) >= 11 is 0. The largest absolute Gasteiger partial charge is 0.496 e. The summed E-state index contributed by atoms with van der Waals surface area (Å²) in [6, 6.07) is 14.9. The number of para-hydroxylation sites is 1. The fraction of sp³-hybridized carbons (Fsp3) is 0.444. The zero-order chi connectivity index (χ0) is 25.2. The monoisotopic (exact) mass is 481 g/mol. The number of nitrogens with one attached hydrogen (secondary N) is 1. The summed E-state index contributed by atoms with van der Waals surface area (Å²) < 4.78 is 10.6. The summed E-state index contributed by atoms with van der Waals surface area (Å²) in [6.45, 7) is 6.04. The molecule has 8 heteroatoms. The van der Waals surface area contributed by atoms with Crippen molar-refractivity contribution in [1.29, 1.82) is 0 Å². The van der Waals surface area contributed by atoms with Gasteiger partial charge in [-0.25, -0.2) is 4.79 Å². The van der Waals surface area contributed by atoms with Crippen LogP contribution in [-0.4, -0.2) is 56.2 Å². The second kappa shape index (κ2) is 12.8. The Bertz CT molecular complexity index is 1000. The van der Waals surface area contributed by atoms with Gasteiger partial charge in [0, 0.05) is 30.9 Å². The van der Waals surface area contributed by atoms with Gasteiger partial charge in [-0.2, -0.15) is 0 Å². The molecule has 1 aliphatic rings. The molecule has 0 atom stereocenters. The molecule has 0 aliphatic carbocycles. The number of rotatable bonds is 9. The normalized spacial score (nSPS) is 13.7. The predicted molar refractivity (Wildman–Crippen MR) is 134 cm³/mol. The zero-order valence-corrected chi connectivity index (χ0v) is 20.8. The standard InChI is InChI=1S/C27H35N3O5/c1-4-28-27(33)30(19-22-8-6-7-9-24(22)34-3)23-12-10-20(11-13-23)18-25(31)29-16-14-21(15-17-29)26(32)35-5-2/h6-13,21H,4-5,14-19H2,1-3H3,(H,28,33). The first-order chi connectivity index (χ1) is 17.0. The summed E-state index contributed by atoms with van der Waals surface area (Å²) in [5, 5.41) is 2.86. The summed E-state index contributed by atoms with van der Waals surface area (Å²) in [5.41, 5.74) is 2.50. The summed E-state index contributed by atoms with van der Waals surface area (Å²) in [7, 11) is 1.61. The van der Waals surface area contributed by atoms with Gasteiger partial charge < -0.3 is 19.7 Å². The number of esters is 1. The van der Waals surface area contributed by atoms with E-state index in [2.05, 4.69) is 5.32 Å². The average Bonchev–Trinajstić information content (AvgIpc) is 2.88. The number of hydrogen-bond donors (Lipinski definition) is 1. The maximum absolute atomic E-state index is 12.8. The number of likely N-dealkylation sites (tertiary alicyclic amines) is 1. The molecule has 0 aromatic heterocycles. The highest BCUT2D eigenvalue weighted by Gasteiger charge is 2.28. The van der Waals surface area contributed by atoms with E-state index < -0.39 is 0 Å². The van der Waals surface area contributed by atoms with Crippen molar-refractivity contribution < 1.29 is 23.9 Å². The minimum atomic E-state index is -0.202. The van der Waals surface area contributed by atoms with Crippen molar-refractivity contribution in [3.63, 3.8) is 0 Å². The zero-order valence-electron chi connectivity index (χ0n) is 20.8. The molecule has 1 heterocycles. The second-order valence-corrected chi connectivity index (χ2v) is 8.48. The first kappa shape index (κ1) is 26.1. The number of anilines is 1. The number of carbonyl (C=O) groups is 3. The lowest BCUT2D eigenvalue weighted by atomic mass is 9.96. The maximum Gasteiger partial charge on any atom is 0.322 e. The number of carbonyl (C=O) groups excluding carboxylic acids is 3. The molecule has 2 aromatic carbocycles.